The number of H-pyrrole nitrogens is 1. The summed E-state index contributed by atoms with van der Waals surface area (Å²) < 4.78 is 13.4. The van der Waals surface area contributed by atoms with Gasteiger partial charge in [-0.25, -0.2) is 4.39 Å². The van der Waals surface area contributed by atoms with Gasteiger partial charge < -0.3 is 15.7 Å². The maximum Gasteiger partial charge on any atom is 0.308 e. The van der Waals surface area contributed by atoms with Crippen molar-refractivity contribution in [2.24, 2.45) is 11.7 Å². The van der Waals surface area contributed by atoms with E-state index in [1.165, 1.54) is 23.1 Å². The van der Waals surface area contributed by atoms with E-state index in [0.717, 1.165) is 0 Å². The van der Waals surface area contributed by atoms with Gasteiger partial charge in [-0.05, 0) is 24.6 Å². The third kappa shape index (κ3) is 2.52. The Labute approximate surface area is 124 Å². The summed E-state index contributed by atoms with van der Waals surface area (Å²) in [7, 11) is 0. The van der Waals surface area contributed by atoms with E-state index in [-0.39, 0.29) is 18.8 Å². The highest BCUT2D eigenvalue weighted by Gasteiger charge is 2.33. The number of nitrogens with two attached hydrogens (primary N) is 1. The monoisotopic (exact) mass is 306 g/mol. The van der Waals surface area contributed by atoms with Crippen LogP contribution in [-0.4, -0.2) is 51.2 Å². The van der Waals surface area contributed by atoms with Gasteiger partial charge in [-0.1, -0.05) is 0 Å². The third-order valence-corrected chi connectivity index (χ3v) is 3.85. The minimum absolute atomic E-state index is 0.0749. The topological polar surface area (TPSA) is 112 Å². The zero-order chi connectivity index (χ0) is 15.9. The summed E-state index contributed by atoms with van der Waals surface area (Å²) in [5.41, 5.74) is 6.45. The molecule has 116 valence electrons. The first-order valence-electron chi connectivity index (χ1n) is 6.87. The van der Waals surface area contributed by atoms with Gasteiger partial charge in [-0.2, -0.15) is 5.10 Å². The Morgan fingerprint density at radius 2 is 2.18 bits per heavy atom. The lowest BCUT2D eigenvalue weighted by Gasteiger charge is -2.34. The van der Waals surface area contributed by atoms with Crippen molar-refractivity contribution in [1.82, 2.24) is 15.1 Å². The van der Waals surface area contributed by atoms with Crippen LogP contribution in [-0.2, 0) is 4.79 Å². The second-order valence-corrected chi connectivity index (χ2v) is 5.50. The lowest BCUT2D eigenvalue weighted by molar-refractivity contribution is -0.143. The van der Waals surface area contributed by atoms with Crippen LogP contribution in [0.4, 0.5) is 4.39 Å². The number of nitrogens with zero attached hydrogens (tertiary/aromatic N) is 2. The summed E-state index contributed by atoms with van der Waals surface area (Å²) in [4.78, 5) is 25.1. The average molecular weight is 306 g/mol. The molecule has 0 saturated carbocycles. The van der Waals surface area contributed by atoms with Crippen LogP contribution in [0.25, 0.3) is 10.9 Å². The van der Waals surface area contributed by atoms with Crippen LogP contribution in [0.5, 0.6) is 0 Å². The highest BCUT2D eigenvalue weighted by atomic mass is 19.1. The molecular formula is C14H15FN4O3. The van der Waals surface area contributed by atoms with Gasteiger partial charge in [0, 0.05) is 24.5 Å². The number of likely N-dealkylation sites (tertiary alicyclic amines) is 1. The largest absolute Gasteiger partial charge is 0.481 e. The lowest BCUT2D eigenvalue weighted by Crippen LogP contribution is -2.51. The fraction of sp³-hybridized carbons (Fsp3) is 0.357. The number of aromatic nitrogens is 2. The number of carbonyl (C=O) groups excluding carboxylic acids is 1. The quantitative estimate of drug-likeness (QED) is 0.751. The first-order chi connectivity index (χ1) is 10.5. The van der Waals surface area contributed by atoms with Crippen LogP contribution < -0.4 is 5.73 Å². The number of rotatable bonds is 2. The molecular weight excluding hydrogens is 291 g/mol. The molecule has 0 aliphatic carbocycles. The third-order valence-electron chi connectivity index (χ3n) is 3.85. The van der Waals surface area contributed by atoms with Crippen molar-refractivity contribution in [3.8, 4) is 0 Å². The number of amides is 1. The molecule has 2 unspecified atom stereocenters. The molecule has 1 aromatic carbocycles. The molecule has 7 nitrogen and oxygen atoms in total. The lowest BCUT2D eigenvalue weighted by atomic mass is 9.94. The molecule has 22 heavy (non-hydrogen) atoms. The Morgan fingerprint density at radius 3 is 2.91 bits per heavy atom. The fourth-order valence-corrected chi connectivity index (χ4v) is 2.78. The molecule has 0 spiro atoms. The number of fused-ring (bicyclic) bond motifs is 1. The molecule has 4 N–H and O–H groups in total. The van der Waals surface area contributed by atoms with Crippen LogP contribution in [0.15, 0.2) is 18.2 Å². The maximum absolute atomic E-state index is 13.4. The van der Waals surface area contributed by atoms with Crippen molar-refractivity contribution in [1.29, 1.82) is 0 Å². The van der Waals surface area contributed by atoms with Gasteiger partial charge >= 0.3 is 5.97 Å². The molecule has 0 radical (unpaired) electrons. The smallest absolute Gasteiger partial charge is 0.308 e. The Kier molecular flexibility index (Phi) is 3.53. The normalized spacial score (nSPS) is 22.0. The van der Waals surface area contributed by atoms with Crippen molar-refractivity contribution in [2.75, 3.05) is 13.1 Å². The van der Waals surface area contributed by atoms with Crippen LogP contribution in [0, 0.1) is 11.7 Å². The number of nitrogens with one attached hydrogen (secondary N) is 1. The SMILES string of the molecule is NC1CC(C(=O)O)CN(C(=O)c2n[nH]c3ccc(F)cc23)C1. The van der Waals surface area contributed by atoms with E-state index in [4.69, 9.17) is 10.8 Å². The Balaban J connectivity index is 1.91. The number of carbonyl (C=O) groups is 2. The molecule has 2 aromatic rings. The molecule has 1 aliphatic heterocycles. The number of benzene rings is 1. The standard InChI is InChI=1S/C14H15FN4O3/c15-8-1-2-11-10(4-8)12(18-17-11)13(20)19-5-7(14(21)22)3-9(16)6-19/h1-2,4,7,9H,3,5-6,16H2,(H,17,18)(H,21,22). The highest BCUT2D eigenvalue weighted by Crippen LogP contribution is 2.22. The molecule has 8 heteroatoms. The zero-order valence-corrected chi connectivity index (χ0v) is 11.6. The number of aliphatic carboxylic acids is 1. The second-order valence-electron chi connectivity index (χ2n) is 5.50. The van der Waals surface area contributed by atoms with E-state index >= 15 is 0 Å². The predicted molar refractivity (Wildman–Crippen MR) is 75.7 cm³/mol. The minimum atomic E-state index is -0.981. The van der Waals surface area contributed by atoms with Gasteiger partial charge in [0.15, 0.2) is 5.69 Å². The van der Waals surface area contributed by atoms with Crippen molar-refractivity contribution in [2.45, 2.75) is 12.5 Å². The van der Waals surface area contributed by atoms with E-state index in [1.807, 2.05) is 0 Å². The highest BCUT2D eigenvalue weighted by molar-refractivity contribution is 6.04. The van der Waals surface area contributed by atoms with Gasteiger partial charge in [0.25, 0.3) is 5.91 Å². The summed E-state index contributed by atoms with van der Waals surface area (Å²) in [5.74, 6) is -2.60. The molecule has 2 atom stereocenters. The van der Waals surface area contributed by atoms with E-state index in [2.05, 4.69) is 10.2 Å². The zero-order valence-electron chi connectivity index (χ0n) is 11.6. The van der Waals surface area contributed by atoms with Crippen LogP contribution >= 0.6 is 0 Å². The molecule has 1 aromatic heterocycles. The van der Waals surface area contributed by atoms with E-state index in [0.29, 0.717) is 17.3 Å². The van der Waals surface area contributed by atoms with Gasteiger partial charge in [-0.15, -0.1) is 0 Å². The van der Waals surface area contributed by atoms with E-state index in [1.54, 1.807) is 0 Å². The summed E-state index contributed by atoms with van der Waals surface area (Å²) in [6.45, 7) is 0.331. The summed E-state index contributed by atoms with van der Waals surface area (Å²) in [6, 6.07) is 3.59. The summed E-state index contributed by atoms with van der Waals surface area (Å²) in [6.07, 6.45) is 0.328. The number of carboxylic acids is 1. The summed E-state index contributed by atoms with van der Waals surface area (Å²) in [5, 5.41) is 16.1. The summed E-state index contributed by atoms with van der Waals surface area (Å²) >= 11 is 0. The van der Waals surface area contributed by atoms with Crippen molar-refractivity contribution in [3.63, 3.8) is 0 Å². The molecule has 1 aliphatic rings. The van der Waals surface area contributed by atoms with E-state index in [9.17, 15) is 14.0 Å². The Morgan fingerprint density at radius 1 is 1.41 bits per heavy atom. The maximum atomic E-state index is 13.4. The molecule has 3 rings (SSSR count). The first-order valence-corrected chi connectivity index (χ1v) is 6.87. The van der Waals surface area contributed by atoms with Gasteiger partial charge in [-0.3, -0.25) is 14.7 Å². The average Bonchev–Trinajstić information content (AvgIpc) is 2.88. The van der Waals surface area contributed by atoms with Gasteiger partial charge in [0.2, 0.25) is 0 Å². The van der Waals surface area contributed by atoms with Crippen molar-refractivity contribution < 1.29 is 19.1 Å². The van der Waals surface area contributed by atoms with Crippen LogP contribution in [0.3, 0.4) is 0 Å². The van der Waals surface area contributed by atoms with Gasteiger partial charge in [0.05, 0.1) is 11.4 Å². The Bertz CT molecular complexity index is 745. The molecule has 1 fully saturated rings. The van der Waals surface area contributed by atoms with Crippen molar-refractivity contribution in [3.05, 3.63) is 29.7 Å². The van der Waals surface area contributed by atoms with Gasteiger partial charge in [0.1, 0.15) is 5.82 Å². The van der Waals surface area contributed by atoms with E-state index < -0.39 is 29.7 Å². The molecule has 1 amide bonds. The predicted octanol–water partition coefficient (Wildman–Crippen LogP) is 0.576. The number of hydrogen-bond donors (Lipinski definition) is 3. The minimum Gasteiger partial charge on any atom is -0.481 e. The molecule has 0 bridgehead atoms. The molecule has 2 heterocycles. The number of carboxylic acid groups (broad SMARTS) is 1. The second kappa shape index (κ2) is 5.38. The van der Waals surface area contributed by atoms with Crippen LogP contribution in [0.2, 0.25) is 0 Å². The number of aromatic amines is 1. The first kappa shape index (κ1) is 14.5. The molecule has 1 saturated heterocycles. The number of piperidine rings is 1. The Hall–Kier alpha value is -2.48. The van der Waals surface area contributed by atoms with Crippen LogP contribution in [0.1, 0.15) is 16.9 Å². The fourth-order valence-electron chi connectivity index (χ4n) is 2.78. The number of hydrogen-bond acceptors (Lipinski definition) is 4. The van der Waals surface area contributed by atoms with Crippen molar-refractivity contribution >= 4 is 22.8 Å². The number of halogens is 1.